The van der Waals surface area contributed by atoms with E-state index < -0.39 is 5.54 Å². The summed E-state index contributed by atoms with van der Waals surface area (Å²) in [5, 5.41) is 3.94. The van der Waals surface area contributed by atoms with Crippen LogP contribution in [0.3, 0.4) is 0 Å². The number of fused-ring (bicyclic) bond motifs is 1. The second-order valence-corrected chi connectivity index (χ2v) is 8.31. The first-order valence-corrected chi connectivity index (χ1v) is 9.16. The van der Waals surface area contributed by atoms with Gasteiger partial charge < -0.3 is 15.2 Å². The number of carbonyl (C=O) groups is 2. The van der Waals surface area contributed by atoms with E-state index in [1.54, 1.807) is 13.8 Å². The van der Waals surface area contributed by atoms with Crippen LogP contribution in [0.5, 0.6) is 0 Å². The van der Waals surface area contributed by atoms with E-state index in [4.69, 9.17) is 0 Å². The zero-order valence-corrected chi connectivity index (χ0v) is 15.8. The Labute approximate surface area is 153 Å². The molecule has 3 amide bonds. The van der Waals surface area contributed by atoms with Crippen molar-refractivity contribution in [3.8, 4) is 0 Å². The standard InChI is InChI=1S/C20H26N4O2/c1-19(2)17(25)24(18(26)22-19)16(20(23(3)4)9-5-10-20)14-6-7-15-13(12-14)8-11-21-15/h6-8,11-12,16,21H,5,9-10H2,1-4H3,(H,22,26). The quantitative estimate of drug-likeness (QED) is 0.829. The van der Waals surface area contributed by atoms with E-state index in [0.717, 1.165) is 35.7 Å². The first kappa shape index (κ1) is 17.1. The van der Waals surface area contributed by atoms with Crippen LogP contribution in [0.4, 0.5) is 4.79 Å². The Balaban J connectivity index is 1.87. The van der Waals surface area contributed by atoms with Crippen LogP contribution in [0.25, 0.3) is 10.9 Å². The first-order valence-electron chi connectivity index (χ1n) is 9.16. The van der Waals surface area contributed by atoms with Crippen LogP contribution >= 0.6 is 0 Å². The van der Waals surface area contributed by atoms with Crippen molar-refractivity contribution in [2.75, 3.05) is 14.1 Å². The number of nitrogens with zero attached hydrogens (tertiary/aromatic N) is 2. The van der Waals surface area contributed by atoms with Gasteiger partial charge in [-0.15, -0.1) is 0 Å². The largest absolute Gasteiger partial charge is 0.361 e. The summed E-state index contributed by atoms with van der Waals surface area (Å²) in [5.74, 6) is -0.158. The number of rotatable bonds is 4. The second-order valence-electron chi connectivity index (χ2n) is 8.31. The van der Waals surface area contributed by atoms with Gasteiger partial charge in [0.25, 0.3) is 5.91 Å². The summed E-state index contributed by atoms with van der Waals surface area (Å²) in [6.07, 6.45) is 4.94. The topological polar surface area (TPSA) is 68.4 Å². The number of likely N-dealkylation sites (N-methyl/N-ethyl adjacent to an activating group) is 1. The van der Waals surface area contributed by atoms with Gasteiger partial charge in [0.1, 0.15) is 5.54 Å². The van der Waals surface area contributed by atoms with E-state index in [1.807, 2.05) is 38.5 Å². The minimum atomic E-state index is -0.870. The van der Waals surface area contributed by atoms with Gasteiger partial charge in [0.05, 0.1) is 6.04 Å². The van der Waals surface area contributed by atoms with Crippen molar-refractivity contribution in [3.05, 3.63) is 36.0 Å². The van der Waals surface area contributed by atoms with E-state index in [1.165, 1.54) is 4.90 Å². The lowest BCUT2D eigenvalue weighted by Gasteiger charge is -2.54. The van der Waals surface area contributed by atoms with Gasteiger partial charge in [-0.3, -0.25) is 9.69 Å². The maximum absolute atomic E-state index is 13.1. The number of aromatic nitrogens is 1. The number of urea groups is 1. The van der Waals surface area contributed by atoms with E-state index in [0.29, 0.717) is 0 Å². The molecule has 1 aromatic heterocycles. The van der Waals surface area contributed by atoms with E-state index in [2.05, 4.69) is 21.3 Å². The Morgan fingerprint density at radius 1 is 1.15 bits per heavy atom. The van der Waals surface area contributed by atoms with Gasteiger partial charge in [-0.2, -0.15) is 0 Å². The molecule has 26 heavy (non-hydrogen) atoms. The molecule has 6 nitrogen and oxygen atoms in total. The molecule has 4 rings (SSSR count). The molecule has 0 spiro atoms. The van der Waals surface area contributed by atoms with Crippen molar-refractivity contribution in [3.63, 3.8) is 0 Å². The summed E-state index contributed by atoms with van der Waals surface area (Å²) in [5.41, 5.74) is 0.964. The smallest absolute Gasteiger partial charge is 0.325 e. The molecule has 2 aromatic rings. The maximum atomic E-state index is 13.1. The highest BCUT2D eigenvalue weighted by molar-refractivity contribution is 6.07. The Morgan fingerprint density at radius 2 is 1.88 bits per heavy atom. The molecule has 138 valence electrons. The minimum Gasteiger partial charge on any atom is -0.361 e. The van der Waals surface area contributed by atoms with Gasteiger partial charge in [-0.05, 0) is 76.4 Å². The molecule has 1 atom stereocenters. The predicted molar refractivity (Wildman–Crippen MR) is 101 cm³/mol. The molecule has 1 saturated heterocycles. The lowest BCUT2D eigenvalue weighted by Crippen LogP contribution is -2.60. The molecule has 2 N–H and O–H groups in total. The lowest BCUT2D eigenvalue weighted by atomic mass is 9.67. The third kappa shape index (κ3) is 2.28. The number of nitrogens with one attached hydrogen (secondary N) is 2. The predicted octanol–water partition coefficient (Wildman–Crippen LogP) is 3.02. The highest BCUT2D eigenvalue weighted by atomic mass is 16.2. The maximum Gasteiger partial charge on any atom is 0.325 e. The number of H-pyrrole nitrogens is 1. The van der Waals surface area contributed by atoms with Crippen molar-refractivity contribution in [1.82, 2.24) is 20.1 Å². The third-order valence-corrected chi connectivity index (χ3v) is 6.16. The normalized spacial score (nSPS) is 22.6. The number of hydrogen-bond acceptors (Lipinski definition) is 3. The van der Waals surface area contributed by atoms with Crippen LogP contribution in [0.15, 0.2) is 30.5 Å². The van der Waals surface area contributed by atoms with Crippen molar-refractivity contribution in [2.24, 2.45) is 0 Å². The number of benzene rings is 1. The summed E-state index contributed by atoms with van der Waals surface area (Å²) in [7, 11) is 4.09. The average molecular weight is 354 g/mol. The molecule has 2 aliphatic rings. The summed E-state index contributed by atoms with van der Waals surface area (Å²) >= 11 is 0. The number of hydrogen-bond donors (Lipinski definition) is 2. The summed E-state index contributed by atoms with van der Waals surface area (Å²) in [6, 6.07) is 7.59. The molecule has 2 heterocycles. The first-order chi connectivity index (χ1) is 12.3. The van der Waals surface area contributed by atoms with Crippen LogP contribution in [0.1, 0.15) is 44.7 Å². The van der Waals surface area contributed by atoms with Crippen molar-refractivity contribution < 1.29 is 9.59 Å². The summed E-state index contributed by atoms with van der Waals surface area (Å²) in [4.78, 5) is 32.8. The zero-order valence-electron chi connectivity index (χ0n) is 15.8. The molecule has 1 aliphatic heterocycles. The Bertz CT molecular complexity index is 879. The van der Waals surface area contributed by atoms with Crippen molar-refractivity contribution in [2.45, 2.75) is 50.2 Å². The highest BCUT2D eigenvalue weighted by Gasteiger charge is 2.56. The fraction of sp³-hybridized carbons (Fsp3) is 0.500. The molecular weight excluding hydrogens is 328 g/mol. The molecule has 1 aliphatic carbocycles. The van der Waals surface area contributed by atoms with Gasteiger partial charge in [0, 0.05) is 17.3 Å². The fourth-order valence-corrected chi connectivity index (χ4v) is 4.45. The Kier molecular flexibility index (Phi) is 3.67. The van der Waals surface area contributed by atoms with Crippen LogP contribution in [0, 0.1) is 0 Å². The zero-order chi connectivity index (χ0) is 18.7. The molecule has 0 bridgehead atoms. The monoisotopic (exact) mass is 354 g/mol. The lowest BCUT2D eigenvalue weighted by molar-refractivity contribution is -0.136. The third-order valence-electron chi connectivity index (χ3n) is 6.16. The number of imide groups is 1. The minimum absolute atomic E-state index is 0.158. The highest BCUT2D eigenvalue weighted by Crippen LogP contribution is 2.50. The van der Waals surface area contributed by atoms with E-state index >= 15 is 0 Å². The SMILES string of the molecule is CN(C)C1(C(c2ccc3[nH]ccc3c2)N2C(=O)NC(C)(C)C2=O)CCC1. The Hall–Kier alpha value is -2.34. The van der Waals surface area contributed by atoms with Crippen molar-refractivity contribution >= 4 is 22.8 Å². The number of amides is 3. The second kappa shape index (κ2) is 5.58. The van der Waals surface area contributed by atoms with Gasteiger partial charge in [-0.25, -0.2) is 4.79 Å². The molecule has 6 heteroatoms. The molecule has 2 fully saturated rings. The summed E-state index contributed by atoms with van der Waals surface area (Å²) < 4.78 is 0. The van der Waals surface area contributed by atoms with Crippen LogP contribution in [-0.4, -0.2) is 51.9 Å². The molecule has 1 unspecified atom stereocenters. The number of aromatic amines is 1. The fourth-order valence-electron chi connectivity index (χ4n) is 4.45. The average Bonchev–Trinajstić information content (AvgIpc) is 3.05. The van der Waals surface area contributed by atoms with Crippen LogP contribution < -0.4 is 5.32 Å². The van der Waals surface area contributed by atoms with Crippen molar-refractivity contribution in [1.29, 1.82) is 0 Å². The molecule has 0 radical (unpaired) electrons. The van der Waals surface area contributed by atoms with Gasteiger partial charge in [0.2, 0.25) is 0 Å². The Morgan fingerprint density at radius 3 is 2.42 bits per heavy atom. The van der Waals surface area contributed by atoms with Gasteiger partial charge in [-0.1, -0.05) is 6.07 Å². The molecule has 1 saturated carbocycles. The number of carbonyl (C=O) groups excluding carboxylic acids is 2. The van der Waals surface area contributed by atoms with Crippen LogP contribution in [-0.2, 0) is 4.79 Å². The van der Waals surface area contributed by atoms with Crippen LogP contribution in [0.2, 0.25) is 0 Å². The van der Waals surface area contributed by atoms with Gasteiger partial charge in [0.15, 0.2) is 0 Å². The molecular formula is C20H26N4O2. The summed E-state index contributed by atoms with van der Waals surface area (Å²) in [6.45, 7) is 3.53. The van der Waals surface area contributed by atoms with E-state index in [-0.39, 0.29) is 23.5 Å². The van der Waals surface area contributed by atoms with E-state index in [9.17, 15) is 9.59 Å². The van der Waals surface area contributed by atoms with Gasteiger partial charge >= 0.3 is 6.03 Å². The molecule has 1 aromatic carbocycles.